The van der Waals surface area contributed by atoms with Crippen molar-refractivity contribution in [2.24, 2.45) is 0 Å². The summed E-state index contributed by atoms with van der Waals surface area (Å²) < 4.78 is 17.3. The molecule has 0 saturated heterocycles. The molecule has 9 nitrogen and oxygen atoms in total. The number of rotatable bonds is 24. The van der Waals surface area contributed by atoms with Gasteiger partial charge in [0.1, 0.15) is 34.9 Å². The van der Waals surface area contributed by atoms with Gasteiger partial charge in [0.05, 0.1) is 19.8 Å². The quantitative estimate of drug-likeness (QED) is 0.0189. The highest BCUT2D eigenvalue weighted by molar-refractivity contribution is 7.16. The Hall–Kier alpha value is -7.92. The van der Waals surface area contributed by atoms with Crippen LogP contribution in [0.1, 0.15) is 167 Å². The number of esters is 3. The second-order valence-electron chi connectivity index (χ2n) is 21.5. The van der Waals surface area contributed by atoms with Crippen LogP contribution in [0.5, 0.6) is 0 Å². The van der Waals surface area contributed by atoms with E-state index in [4.69, 9.17) is 14.2 Å². The molecular formula is C72H69N3O6S3. The third kappa shape index (κ3) is 11.3. The summed E-state index contributed by atoms with van der Waals surface area (Å²) in [4.78, 5) is 50.7. The van der Waals surface area contributed by atoms with E-state index in [-0.39, 0.29) is 36.5 Å². The predicted octanol–water partition coefficient (Wildman–Crippen LogP) is 18.8. The van der Waals surface area contributed by atoms with Crippen LogP contribution < -0.4 is 0 Å². The maximum Gasteiger partial charge on any atom is 0.349 e. The standard InChI is InChI=1S/C72H69N3O6S3/c1-7-13-16-19-22-46-28-34-58(82-46)43-25-31-49-52(37-43)64-67(61(49)55(40-73)70(76)79-10-4)65-54-39-45(60-36-30-48(84-60)24-21-18-15-9-3)27-33-51(54)63(57(42-75)72(78)81-12-6)69(65)66-53-38-44(59-35-29-47(83-59)23-20-17-14-8-2)26-32-50(53)62(68(64)66)56(41-74)71(77)80-11-5/h25-39H,7-24H2,1-6H3/b61-55+,62-56+,63-57+. The summed E-state index contributed by atoms with van der Waals surface area (Å²) in [7, 11) is 0. The third-order valence-electron chi connectivity index (χ3n) is 16.1. The first-order valence-corrected chi connectivity index (χ1v) is 32.4. The largest absolute Gasteiger partial charge is 0.462 e. The number of carbonyl (C=O) groups is 3. The molecule has 7 aromatic rings. The number of ether oxygens (including phenoxy) is 3. The summed E-state index contributed by atoms with van der Waals surface area (Å²) in [5, 5.41) is 34.3. The fourth-order valence-electron chi connectivity index (χ4n) is 12.3. The van der Waals surface area contributed by atoms with E-state index in [0.717, 1.165) is 108 Å². The average molecular weight is 1170 g/mol. The van der Waals surface area contributed by atoms with Crippen LogP contribution in [0, 0.1) is 34.0 Å². The van der Waals surface area contributed by atoms with E-state index in [0.29, 0.717) is 83.5 Å². The Labute approximate surface area is 506 Å². The second-order valence-corrected chi connectivity index (χ2v) is 25.0. The number of unbranched alkanes of at least 4 members (excludes halogenated alkanes) is 9. The fourth-order valence-corrected chi connectivity index (χ4v) is 15.4. The lowest BCUT2D eigenvalue weighted by Crippen LogP contribution is -2.10. The van der Waals surface area contributed by atoms with Crippen molar-refractivity contribution < 1.29 is 28.6 Å². The van der Waals surface area contributed by atoms with Crippen LogP contribution >= 0.6 is 34.0 Å². The van der Waals surface area contributed by atoms with Gasteiger partial charge < -0.3 is 14.2 Å². The van der Waals surface area contributed by atoms with E-state index in [1.165, 1.54) is 33.9 Å². The Morgan fingerprint density at radius 2 is 0.643 bits per heavy atom. The molecule has 426 valence electrons. The molecular weight excluding hydrogens is 1100 g/mol. The first-order chi connectivity index (χ1) is 41.1. The molecule has 3 heterocycles. The lowest BCUT2D eigenvalue weighted by molar-refractivity contribution is -0.138. The van der Waals surface area contributed by atoms with Crippen molar-refractivity contribution in [1.82, 2.24) is 0 Å². The molecule has 0 amide bonds. The molecule has 10 rings (SSSR count). The van der Waals surface area contributed by atoms with Crippen LogP contribution in [0.2, 0.25) is 0 Å². The van der Waals surface area contributed by atoms with Crippen LogP contribution in [-0.4, -0.2) is 37.7 Å². The molecule has 3 aliphatic rings. The van der Waals surface area contributed by atoms with Crippen molar-refractivity contribution in [3.05, 3.63) is 156 Å². The highest BCUT2D eigenvalue weighted by atomic mass is 32.1. The third-order valence-corrected chi connectivity index (χ3v) is 19.7. The van der Waals surface area contributed by atoms with Crippen molar-refractivity contribution in [1.29, 1.82) is 15.8 Å². The van der Waals surface area contributed by atoms with Gasteiger partial charge in [-0.3, -0.25) is 0 Å². The zero-order chi connectivity index (χ0) is 59.0. The Balaban J connectivity index is 1.37. The van der Waals surface area contributed by atoms with Gasteiger partial charge in [0.25, 0.3) is 0 Å². The minimum atomic E-state index is -0.816. The van der Waals surface area contributed by atoms with Crippen LogP contribution in [0.4, 0.5) is 0 Å². The molecule has 84 heavy (non-hydrogen) atoms. The van der Waals surface area contributed by atoms with Gasteiger partial charge in [-0.1, -0.05) is 115 Å². The van der Waals surface area contributed by atoms with Gasteiger partial charge in [-0.25, -0.2) is 14.4 Å². The zero-order valence-electron chi connectivity index (χ0n) is 48.9. The molecule has 12 heteroatoms. The van der Waals surface area contributed by atoms with E-state index >= 15 is 0 Å². The average Bonchev–Trinajstić information content (AvgIpc) is 1.55. The summed E-state index contributed by atoms with van der Waals surface area (Å²) >= 11 is 5.21. The molecule has 0 spiro atoms. The van der Waals surface area contributed by atoms with Crippen LogP contribution in [0.15, 0.2) is 108 Å². The number of fused-ring (bicyclic) bond motifs is 12. The lowest BCUT2D eigenvalue weighted by atomic mass is 9.82. The molecule has 0 saturated carbocycles. The normalized spacial score (nSPS) is 14.0. The van der Waals surface area contributed by atoms with Gasteiger partial charge in [0.2, 0.25) is 0 Å². The minimum Gasteiger partial charge on any atom is -0.462 e. The number of carbonyl (C=O) groups excluding carboxylic acids is 3. The first kappa shape index (κ1) is 59.2. The number of nitriles is 3. The Kier molecular flexibility index (Phi) is 18.9. The lowest BCUT2D eigenvalue weighted by Gasteiger charge is -2.20. The molecule has 0 aliphatic heterocycles. The van der Waals surface area contributed by atoms with Crippen molar-refractivity contribution in [2.45, 2.75) is 138 Å². The van der Waals surface area contributed by atoms with E-state index in [9.17, 15) is 30.2 Å². The molecule has 0 N–H and O–H groups in total. The highest BCUT2D eigenvalue weighted by Gasteiger charge is 2.47. The van der Waals surface area contributed by atoms with E-state index in [2.05, 4.69) is 93.6 Å². The number of benzene rings is 4. The van der Waals surface area contributed by atoms with Gasteiger partial charge in [-0.05, 0) is 181 Å². The topological polar surface area (TPSA) is 150 Å². The second kappa shape index (κ2) is 26.8. The minimum absolute atomic E-state index is 0.00311. The monoisotopic (exact) mass is 1170 g/mol. The van der Waals surface area contributed by atoms with Gasteiger partial charge >= 0.3 is 17.9 Å². The van der Waals surface area contributed by atoms with Gasteiger partial charge in [0, 0.05) is 62.7 Å². The molecule has 3 aliphatic carbocycles. The maximum absolute atomic E-state index is 14.6. The van der Waals surface area contributed by atoms with Gasteiger partial charge in [-0.15, -0.1) is 34.0 Å². The Morgan fingerprint density at radius 3 is 0.893 bits per heavy atom. The summed E-state index contributed by atoms with van der Waals surface area (Å²) in [6.07, 6.45) is 16.6. The molecule has 0 bridgehead atoms. The zero-order valence-corrected chi connectivity index (χ0v) is 51.4. The van der Waals surface area contributed by atoms with E-state index in [1.54, 1.807) is 54.8 Å². The van der Waals surface area contributed by atoms with Crippen molar-refractivity contribution in [3.63, 3.8) is 0 Å². The number of hydrogen-bond acceptors (Lipinski definition) is 12. The number of aryl methyl sites for hydroxylation is 3. The summed E-state index contributed by atoms with van der Waals surface area (Å²) in [6, 6.07) is 38.2. The van der Waals surface area contributed by atoms with Crippen LogP contribution in [-0.2, 0) is 47.9 Å². The fraction of sp³-hybridized carbons (Fsp3) is 0.333. The molecule has 0 unspecified atom stereocenters. The van der Waals surface area contributed by atoms with Crippen molar-refractivity contribution in [3.8, 4) is 82.9 Å². The summed E-state index contributed by atoms with van der Waals surface area (Å²) in [6.45, 7) is 11.7. The first-order valence-electron chi connectivity index (χ1n) is 30.0. The van der Waals surface area contributed by atoms with Crippen LogP contribution in [0.3, 0.4) is 0 Å². The summed E-state index contributed by atoms with van der Waals surface area (Å²) in [5.74, 6) is -2.45. The molecule has 0 atom stereocenters. The highest BCUT2D eigenvalue weighted by Crippen LogP contribution is 2.66. The maximum atomic E-state index is 14.6. The smallest absolute Gasteiger partial charge is 0.349 e. The number of hydrogen-bond donors (Lipinski definition) is 0. The Bertz CT molecular complexity index is 3540. The van der Waals surface area contributed by atoms with Crippen LogP contribution in [0.25, 0.3) is 81.4 Å². The van der Waals surface area contributed by atoms with Crippen molar-refractivity contribution in [2.75, 3.05) is 19.8 Å². The molecule has 4 aromatic carbocycles. The number of thiophene rings is 3. The SMILES string of the molecule is CCCCCCc1ccc(-c2ccc3c(c2)-c2c(c4c(c5c2/C(=C(\C#N)C(=O)OCC)c2ccc(-c6ccc(CCCCCC)s6)cc2-5)/C(=C(\C#N)C(=O)OCC)c2ccc(-c5ccc(CCCCCC)s5)cc2-4)/C3=C(\C#N)C(=O)OCC)s1. The summed E-state index contributed by atoms with van der Waals surface area (Å²) in [5.41, 5.74) is 9.95. The number of nitrogens with zero attached hydrogens (tertiary/aromatic N) is 3. The van der Waals surface area contributed by atoms with Gasteiger partial charge in [0.15, 0.2) is 0 Å². The predicted molar refractivity (Wildman–Crippen MR) is 341 cm³/mol. The molecule has 0 radical (unpaired) electrons. The van der Waals surface area contributed by atoms with E-state index < -0.39 is 17.9 Å². The molecule has 3 aromatic heterocycles. The van der Waals surface area contributed by atoms with Crippen molar-refractivity contribution >= 4 is 68.6 Å². The molecule has 0 fully saturated rings. The van der Waals surface area contributed by atoms with Gasteiger partial charge in [-0.2, -0.15) is 15.8 Å². The Morgan fingerprint density at radius 1 is 0.357 bits per heavy atom. The van der Waals surface area contributed by atoms with E-state index in [1.807, 2.05) is 36.4 Å².